The molecule has 0 aromatic carbocycles. The monoisotopic (exact) mass is 756 g/mol. The van der Waals surface area contributed by atoms with Crippen molar-refractivity contribution >= 4 is 0 Å². The Labute approximate surface area is 312 Å². The predicted molar refractivity (Wildman–Crippen MR) is 184 cm³/mol. The van der Waals surface area contributed by atoms with Gasteiger partial charge in [0.25, 0.3) is 0 Å². The van der Waals surface area contributed by atoms with Gasteiger partial charge in [-0.05, 0) is 86.4 Å². The van der Waals surface area contributed by atoms with Crippen LogP contribution in [0.4, 0.5) is 0 Å². The van der Waals surface area contributed by atoms with Gasteiger partial charge in [-0.2, -0.15) is 0 Å². The molecule has 1 spiro atoms. The molecule has 0 aromatic rings. The number of rotatable bonds is 6. The lowest BCUT2D eigenvalue weighted by atomic mass is 9.43. The van der Waals surface area contributed by atoms with E-state index in [-0.39, 0.29) is 34.9 Å². The van der Waals surface area contributed by atoms with E-state index < -0.39 is 86.5 Å². The lowest BCUT2D eigenvalue weighted by Gasteiger charge is -2.62. The highest BCUT2D eigenvalue weighted by Gasteiger charge is 2.71. The van der Waals surface area contributed by atoms with E-state index in [2.05, 4.69) is 27.7 Å². The van der Waals surface area contributed by atoms with Crippen molar-refractivity contribution < 1.29 is 69.3 Å². The molecule has 8 N–H and O–H groups in total. The van der Waals surface area contributed by atoms with Crippen LogP contribution in [-0.4, -0.2) is 146 Å². The summed E-state index contributed by atoms with van der Waals surface area (Å²) in [6.07, 6.45) is -7.33. The van der Waals surface area contributed by atoms with Crippen LogP contribution in [0.1, 0.15) is 85.5 Å². The van der Waals surface area contributed by atoms with Crippen LogP contribution in [0, 0.1) is 52.3 Å². The van der Waals surface area contributed by atoms with E-state index in [1.54, 1.807) is 0 Å². The van der Waals surface area contributed by atoms with E-state index in [0.717, 1.165) is 58.0 Å². The van der Waals surface area contributed by atoms with E-state index in [0.29, 0.717) is 36.0 Å². The fourth-order valence-corrected chi connectivity index (χ4v) is 13.1. The van der Waals surface area contributed by atoms with E-state index >= 15 is 0 Å². The first-order chi connectivity index (χ1) is 25.2. The molecule has 8 fully saturated rings. The van der Waals surface area contributed by atoms with Gasteiger partial charge in [0.1, 0.15) is 48.8 Å². The summed E-state index contributed by atoms with van der Waals surface area (Å²) in [6.45, 7) is 8.75. The van der Waals surface area contributed by atoms with Crippen LogP contribution < -0.4 is 0 Å². The molecule has 4 saturated carbocycles. The normalized spacial score (nSPS) is 59.5. The lowest BCUT2D eigenvalue weighted by Crippen LogP contribution is -2.65. The summed E-state index contributed by atoms with van der Waals surface area (Å²) >= 11 is 0. The quantitative estimate of drug-likeness (QED) is 0.173. The minimum atomic E-state index is -1.73. The molecule has 14 heteroatoms. The summed E-state index contributed by atoms with van der Waals surface area (Å²) in [5.74, 6) is 2.03. The summed E-state index contributed by atoms with van der Waals surface area (Å²) < 4.78 is 37.3. The van der Waals surface area contributed by atoms with Gasteiger partial charge in [0.2, 0.25) is 0 Å². The average Bonchev–Trinajstić information content (AvgIpc) is 3.59. The van der Waals surface area contributed by atoms with E-state index in [1.165, 1.54) is 0 Å². The highest BCUT2D eigenvalue weighted by Crippen LogP contribution is 2.71. The number of aliphatic hydroxyl groups is 8. The first-order valence-corrected chi connectivity index (χ1v) is 20.4. The van der Waals surface area contributed by atoms with Crippen LogP contribution in [0.25, 0.3) is 0 Å². The summed E-state index contributed by atoms with van der Waals surface area (Å²) in [6, 6.07) is 0. The molecule has 304 valence electrons. The van der Waals surface area contributed by atoms with Crippen molar-refractivity contribution in [3.05, 3.63) is 0 Å². The van der Waals surface area contributed by atoms with Gasteiger partial charge in [-0.15, -0.1) is 0 Å². The third-order valence-corrected chi connectivity index (χ3v) is 16.3. The highest BCUT2D eigenvalue weighted by molar-refractivity contribution is 5.18. The molecule has 4 saturated heterocycles. The zero-order chi connectivity index (χ0) is 37.8. The van der Waals surface area contributed by atoms with Gasteiger partial charge in [0.05, 0.1) is 38.1 Å². The molecule has 4 aliphatic carbocycles. The largest absolute Gasteiger partial charge is 0.394 e. The Balaban J connectivity index is 0.957. The smallest absolute Gasteiger partial charge is 0.187 e. The number of aliphatic hydroxyl groups excluding tert-OH is 8. The second-order valence-electron chi connectivity index (χ2n) is 18.8. The van der Waals surface area contributed by atoms with Crippen molar-refractivity contribution in [1.29, 1.82) is 0 Å². The van der Waals surface area contributed by atoms with E-state index in [1.807, 2.05) is 0 Å². The Morgan fingerprint density at radius 3 is 2.08 bits per heavy atom. The van der Waals surface area contributed by atoms with E-state index in [4.69, 9.17) is 28.4 Å². The van der Waals surface area contributed by atoms with Crippen LogP contribution in [0.2, 0.25) is 0 Å². The Kier molecular flexibility index (Phi) is 10.6. The van der Waals surface area contributed by atoms with Gasteiger partial charge in [-0.25, -0.2) is 0 Å². The van der Waals surface area contributed by atoms with Crippen LogP contribution in [0.15, 0.2) is 0 Å². The first-order valence-electron chi connectivity index (χ1n) is 20.4. The van der Waals surface area contributed by atoms with Crippen LogP contribution in [-0.2, 0) is 28.4 Å². The summed E-state index contributed by atoms with van der Waals surface area (Å²) in [5, 5.41) is 84.9. The molecule has 8 aliphatic rings. The maximum atomic E-state index is 12.2. The standard InChI is InChI=1S/C39H64O14/c1-17-7-10-39(48-16-17)18(2)28-24(53-39)12-23-21-6-5-19-11-20(8-9-37(19,3)22(21)13-27(42)38(23,28)4)49-36-34(32(46)30(44)26(15-41)51-36)52-35-33(47)31(45)29(43)25(14-40)50-35/h17-36,40-47H,5-16H2,1-4H3/t17-,18+,19-,20+,21-,22+,23+,24+,25-,26-,27-,28+,29-,30+,31+,32+,33-,34-,35+,36-,37+,38-,39-/m1/s1. The van der Waals surface area contributed by atoms with Crippen molar-refractivity contribution in [3.8, 4) is 0 Å². The van der Waals surface area contributed by atoms with Gasteiger partial charge in [0, 0.05) is 23.7 Å². The molecule has 14 nitrogen and oxygen atoms in total. The first kappa shape index (κ1) is 39.3. The number of ether oxygens (including phenoxy) is 6. The molecule has 0 aromatic heterocycles. The molecule has 0 radical (unpaired) electrons. The molecule has 4 aliphatic heterocycles. The highest BCUT2D eigenvalue weighted by atomic mass is 16.8. The molecular formula is C39H64O14. The minimum Gasteiger partial charge on any atom is -0.394 e. The number of hydrogen-bond donors (Lipinski definition) is 8. The second-order valence-corrected chi connectivity index (χ2v) is 18.8. The molecule has 0 unspecified atom stereocenters. The van der Waals surface area contributed by atoms with Crippen molar-refractivity contribution in [2.45, 2.75) is 171 Å². The molecule has 8 rings (SSSR count). The number of hydrogen-bond acceptors (Lipinski definition) is 14. The molecule has 53 heavy (non-hydrogen) atoms. The third-order valence-electron chi connectivity index (χ3n) is 16.3. The third kappa shape index (κ3) is 6.11. The average molecular weight is 757 g/mol. The van der Waals surface area contributed by atoms with Gasteiger partial charge in [0.15, 0.2) is 18.4 Å². The molecular weight excluding hydrogens is 692 g/mol. The van der Waals surface area contributed by atoms with E-state index in [9.17, 15) is 40.9 Å². The van der Waals surface area contributed by atoms with Gasteiger partial charge in [-0.3, -0.25) is 0 Å². The van der Waals surface area contributed by atoms with Gasteiger partial charge >= 0.3 is 0 Å². The summed E-state index contributed by atoms with van der Waals surface area (Å²) in [7, 11) is 0. The van der Waals surface area contributed by atoms with Gasteiger partial charge < -0.3 is 69.3 Å². The van der Waals surface area contributed by atoms with Crippen LogP contribution >= 0.6 is 0 Å². The fraction of sp³-hybridized carbons (Fsp3) is 1.00. The van der Waals surface area contributed by atoms with Gasteiger partial charge in [-0.1, -0.05) is 27.7 Å². The van der Waals surface area contributed by atoms with Crippen molar-refractivity contribution in [3.63, 3.8) is 0 Å². The maximum Gasteiger partial charge on any atom is 0.187 e. The predicted octanol–water partition coefficient (Wildman–Crippen LogP) is 0.413. The lowest BCUT2D eigenvalue weighted by molar-refractivity contribution is -0.373. The van der Waals surface area contributed by atoms with Crippen LogP contribution in [0.3, 0.4) is 0 Å². The Morgan fingerprint density at radius 2 is 1.40 bits per heavy atom. The topological polar surface area (TPSA) is 217 Å². The SMILES string of the molecule is C[C@@H]1CC[C@@]2(OC1)O[C@H]1C[C@H]3[C@@H]4CC[C@@H]5C[C@@H](O[C@@H]6O[C@H](CO)[C@H](O)[C@H](O)[C@H]6O[C@@H]6O[C@H](CO)[C@@H](O)[C@H](O)[C@H]6O)CC[C@]5(C)[C@H]4C[C@@H](O)[C@]3(C)[C@H]1[C@@H]2C. The zero-order valence-electron chi connectivity index (χ0n) is 31.6. The zero-order valence-corrected chi connectivity index (χ0v) is 31.6. The second kappa shape index (κ2) is 14.4. The molecule has 0 amide bonds. The Bertz CT molecular complexity index is 1300. The summed E-state index contributed by atoms with van der Waals surface area (Å²) in [4.78, 5) is 0. The Morgan fingerprint density at radius 1 is 0.698 bits per heavy atom. The molecule has 23 atom stereocenters. The van der Waals surface area contributed by atoms with Crippen molar-refractivity contribution in [2.75, 3.05) is 19.8 Å². The summed E-state index contributed by atoms with van der Waals surface area (Å²) in [5.41, 5.74) is -0.240. The number of fused-ring (bicyclic) bond motifs is 7. The maximum absolute atomic E-state index is 12.2. The minimum absolute atomic E-state index is 0.0118. The Hall–Kier alpha value is -0.560. The molecule has 4 heterocycles. The van der Waals surface area contributed by atoms with Crippen molar-refractivity contribution in [1.82, 2.24) is 0 Å². The fourth-order valence-electron chi connectivity index (χ4n) is 13.1. The molecule has 0 bridgehead atoms. The van der Waals surface area contributed by atoms with Crippen LogP contribution in [0.5, 0.6) is 0 Å². The van der Waals surface area contributed by atoms with Crippen molar-refractivity contribution in [2.24, 2.45) is 52.3 Å².